The van der Waals surface area contributed by atoms with Gasteiger partial charge in [-0.25, -0.2) is 4.79 Å². The number of aliphatic hydroxyl groups excluding tert-OH is 1. The zero-order chi connectivity index (χ0) is 12.4. The van der Waals surface area contributed by atoms with E-state index in [2.05, 4.69) is 4.74 Å². The molecule has 1 atom stereocenters. The third-order valence-electron chi connectivity index (χ3n) is 3.27. The Morgan fingerprint density at radius 3 is 2.59 bits per heavy atom. The van der Waals surface area contributed by atoms with Crippen molar-refractivity contribution in [3.05, 3.63) is 28.8 Å². The Kier molecular flexibility index (Phi) is 3.33. The van der Waals surface area contributed by atoms with Crippen molar-refractivity contribution in [2.24, 2.45) is 0 Å². The van der Waals surface area contributed by atoms with Crippen molar-refractivity contribution >= 4 is 5.97 Å². The first-order chi connectivity index (χ1) is 8.15. The van der Waals surface area contributed by atoms with Gasteiger partial charge in [0, 0.05) is 0 Å². The highest BCUT2D eigenvalue weighted by molar-refractivity contribution is 5.77. The topological polar surface area (TPSA) is 66.8 Å². The molecule has 0 spiro atoms. The van der Waals surface area contributed by atoms with Crippen LogP contribution in [-0.2, 0) is 22.4 Å². The molecule has 1 aliphatic carbocycles. The van der Waals surface area contributed by atoms with Crippen LogP contribution in [0.5, 0.6) is 5.75 Å². The summed E-state index contributed by atoms with van der Waals surface area (Å²) in [5, 5.41) is 19.6. The Morgan fingerprint density at radius 2 is 1.94 bits per heavy atom. The molecule has 17 heavy (non-hydrogen) atoms. The molecule has 0 amide bonds. The highest BCUT2D eigenvalue weighted by atomic mass is 16.5. The molecule has 1 unspecified atom stereocenters. The van der Waals surface area contributed by atoms with Gasteiger partial charge >= 0.3 is 5.97 Å². The molecule has 1 aromatic rings. The average Bonchev–Trinajstić information content (AvgIpc) is 2.38. The molecule has 0 aromatic heterocycles. The molecule has 2 rings (SSSR count). The maximum absolute atomic E-state index is 11.3. The first kappa shape index (κ1) is 11.9. The number of aliphatic hydroxyl groups is 1. The van der Waals surface area contributed by atoms with E-state index in [4.69, 9.17) is 0 Å². The van der Waals surface area contributed by atoms with Crippen LogP contribution in [0, 0.1) is 0 Å². The van der Waals surface area contributed by atoms with Gasteiger partial charge in [0.2, 0.25) is 0 Å². The predicted molar refractivity (Wildman–Crippen MR) is 61.7 cm³/mol. The number of esters is 1. The lowest BCUT2D eigenvalue weighted by molar-refractivity contribution is -0.150. The Balaban J connectivity index is 2.44. The zero-order valence-corrected chi connectivity index (χ0v) is 9.77. The quantitative estimate of drug-likeness (QED) is 0.763. The summed E-state index contributed by atoms with van der Waals surface area (Å²) in [6, 6.07) is 3.13. The molecule has 1 aliphatic rings. The van der Waals surface area contributed by atoms with Crippen molar-refractivity contribution in [2.75, 3.05) is 7.11 Å². The van der Waals surface area contributed by atoms with Gasteiger partial charge in [-0.3, -0.25) is 0 Å². The highest BCUT2D eigenvalue weighted by Crippen LogP contribution is 2.34. The maximum Gasteiger partial charge on any atom is 0.339 e. The summed E-state index contributed by atoms with van der Waals surface area (Å²) < 4.78 is 4.54. The summed E-state index contributed by atoms with van der Waals surface area (Å²) in [7, 11) is 1.25. The molecule has 0 fully saturated rings. The van der Waals surface area contributed by atoms with Crippen molar-refractivity contribution in [1.29, 1.82) is 0 Å². The van der Waals surface area contributed by atoms with Crippen molar-refractivity contribution in [3.8, 4) is 5.75 Å². The SMILES string of the molecule is COC(=O)C(O)c1ccc(O)c2c1CCCC2. The number of rotatable bonds is 2. The lowest BCUT2D eigenvalue weighted by Crippen LogP contribution is -2.17. The molecule has 0 bridgehead atoms. The minimum atomic E-state index is -1.26. The molecule has 4 nitrogen and oxygen atoms in total. The third kappa shape index (κ3) is 2.13. The van der Waals surface area contributed by atoms with Gasteiger partial charge in [0.15, 0.2) is 6.10 Å². The monoisotopic (exact) mass is 236 g/mol. The van der Waals surface area contributed by atoms with Crippen LogP contribution in [0.25, 0.3) is 0 Å². The van der Waals surface area contributed by atoms with E-state index in [9.17, 15) is 15.0 Å². The molecular weight excluding hydrogens is 220 g/mol. The predicted octanol–water partition coefficient (Wildman–Crippen LogP) is 1.48. The Bertz CT molecular complexity index is 439. The first-order valence-electron chi connectivity index (χ1n) is 5.74. The second kappa shape index (κ2) is 4.75. The Morgan fingerprint density at radius 1 is 1.29 bits per heavy atom. The minimum absolute atomic E-state index is 0.250. The first-order valence-corrected chi connectivity index (χ1v) is 5.74. The maximum atomic E-state index is 11.3. The summed E-state index contributed by atoms with van der Waals surface area (Å²) in [5.74, 6) is -0.413. The van der Waals surface area contributed by atoms with Gasteiger partial charge < -0.3 is 14.9 Å². The molecule has 4 heteroatoms. The van der Waals surface area contributed by atoms with E-state index >= 15 is 0 Å². The van der Waals surface area contributed by atoms with Crippen molar-refractivity contribution in [2.45, 2.75) is 31.8 Å². The van der Waals surface area contributed by atoms with Crippen molar-refractivity contribution in [1.82, 2.24) is 0 Å². The van der Waals surface area contributed by atoms with Crippen LogP contribution in [0.3, 0.4) is 0 Å². The lowest BCUT2D eigenvalue weighted by atomic mass is 9.86. The number of carbonyl (C=O) groups is 1. The fourth-order valence-corrected chi connectivity index (χ4v) is 2.37. The lowest BCUT2D eigenvalue weighted by Gasteiger charge is -2.22. The summed E-state index contributed by atoms with van der Waals surface area (Å²) in [4.78, 5) is 11.3. The van der Waals surface area contributed by atoms with Crippen molar-refractivity contribution < 1.29 is 19.7 Å². The second-order valence-corrected chi connectivity index (χ2v) is 4.26. The van der Waals surface area contributed by atoms with E-state index in [1.165, 1.54) is 13.2 Å². The van der Waals surface area contributed by atoms with Gasteiger partial charge in [0.1, 0.15) is 5.75 Å². The number of fused-ring (bicyclic) bond motifs is 1. The minimum Gasteiger partial charge on any atom is -0.508 e. The molecule has 0 saturated carbocycles. The van der Waals surface area contributed by atoms with Crippen molar-refractivity contribution in [3.63, 3.8) is 0 Å². The molecule has 92 valence electrons. The summed E-state index contributed by atoms with van der Waals surface area (Å²) in [6.45, 7) is 0. The van der Waals surface area contributed by atoms with Crippen LogP contribution in [0.15, 0.2) is 12.1 Å². The number of hydrogen-bond acceptors (Lipinski definition) is 4. The molecule has 0 heterocycles. The van der Waals surface area contributed by atoms with E-state index < -0.39 is 12.1 Å². The van der Waals surface area contributed by atoms with Gasteiger partial charge in [-0.05, 0) is 48.4 Å². The van der Waals surface area contributed by atoms with Crippen LogP contribution < -0.4 is 0 Å². The summed E-state index contributed by atoms with van der Waals surface area (Å²) in [5.41, 5.74) is 2.32. The Labute approximate surface area is 99.8 Å². The van der Waals surface area contributed by atoms with Gasteiger partial charge in [-0.2, -0.15) is 0 Å². The fourth-order valence-electron chi connectivity index (χ4n) is 2.37. The molecule has 0 aliphatic heterocycles. The molecule has 1 aromatic carbocycles. The summed E-state index contributed by atoms with van der Waals surface area (Å²) in [6.07, 6.45) is 2.36. The molecule has 0 radical (unpaired) electrons. The number of benzene rings is 1. The molecule has 0 saturated heterocycles. The largest absolute Gasteiger partial charge is 0.508 e. The molecular formula is C13H16O4. The van der Waals surface area contributed by atoms with Crippen LogP contribution in [0.1, 0.15) is 35.6 Å². The number of methoxy groups -OCH3 is 1. The van der Waals surface area contributed by atoms with E-state index in [0.29, 0.717) is 5.56 Å². The average molecular weight is 236 g/mol. The van der Waals surface area contributed by atoms with Crippen LogP contribution in [0.4, 0.5) is 0 Å². The van der Waals surface area contributed by atoms with Crippen LogP contribution in [0.2, 0.25) is 0 Å². The normalized spacial score (nSPS) is 16.1. The smallest absolute Gasteiger partial charge is 0.339 e. The number of aromatic hydroxyl groups is 1. The van der Waals surface area contributed by atoms with Gasteiger partial charge in [-0.15, -0.1) is 0 Å². The summed E-state index contributed by atoms with van der Waals surface area (Å²) >= 11 is 0. The second-order valence-electron chi connectivity index (χ2n) is 4.26. The van der Waals surface area contributed by atoms with Gasteiger partial charge in [0.05, 0.1) is 7.11 Å². The van der Waals surface area contributed by atoms with E-state index in [1.54, 1.807) is 6.07 Å². The number of hydrogen-bond donors (Lipinski definition) is 2. The standard InChI is InChI=1S/C13H16O4/c1-17-13(16)12(15)10-6-7-11(14)9-5-3-2-4-8(9)10/h6-7,12,14-15H,2-5H2,1H3. The van der Waals surface area contributed by atoms with E-state index in [1.807, 2.05) is 0 Å². The van der Waals surface area contributed by atoms with Gasteiger partial charge in [0.25, 0.3) is 0 Å². The number of phenolic OH excluding ortho intramolecular Hbond substituents is 1. The number of ether oxygens (including phenoxy) is 1. The van der Waals surface area contributed by atoms with Crippen LogP contribution in [-0.4, -0.2) is 23.3 Å². The third-order valence-corrected chi connectivity index (χ3v) is 3.27. The Hall–Kier alpha value is -1.55. The zero-order valence-electron chi connectivity index (χ0n) is 9.77. The number of carbonyl (C=O) groups excluding carboxylic acids is 1. The van der Waals surface area contributed by atoms with E-state index in [0.717, 1.165) is 36.8 Å². The number of phenols is 1. The fraction of sp³-hybridized carbons (Fsp3) is 0.462. The van der Waals surface area contributed by atoms with Crippen LogP contribution >= 0.6 is 0 Å². The van der Waals surface area contributed by atoms with Gasteiger partial charge in [-0.1, -0.05) is 6.07 Å². The molecule has 2 N–H and O–H groups in total. The van der Waals surface area contributed by atoms with E-state index in [-0.39, 0.29) is 5.75 Å². The highest BCUT2D eigenvalue weighted by Gasteiger charge is 2.25.